The average molecular weight is 183 g/mol. The van der Waals surface area contributed by atoms with Crippen molar-refractivity contribution in [3.05, 3.63) is 0 Å². The number of nitrogens with zero attached hydrogens (tertiary/aromatic N) is 1. The van der Waals surface area contributed by atoms with Gasteiger partial charge >= 0.3 is 0 Å². The lowest BCUT2D eigenvalue weighted by molar-refractivity contribution is -0.122. The first-order valence-electron chi connectivity index (χ1n) is 5.05. The number of amides is 1. The number of rotatable bonds is 2. The molecule has 0 aromatic rings. The number of hydrogen-bond acceptors (Lipinski definition) is 3. The molecule has 1 heterocycles. The summed E-state index contributed by atoms with van der Waals surface area (Å²) in [4.78, 5) is 13.4. The molecular formula is C9H17N3O. The molecule has 1 saturated carbocycles. The van der Waals surface area contributed by atoms with Gasteiger partial charge in [-0.15, -0.1) is 0 Å². The maximum Gasteiger partial charge on any atom is 0.248 e. The molecule has 2 fully saturated rings. The Balaban J connectivity index is 1.90. The Kier molecular flexibility index (Phi) is 2.51. The standard InChI is InChI=1S/C9H17N3O/c10-11-9(13)6-12-5-4-7-2-1-3-8(7)12/h7-8H,1-6,10H2,(H,11,13). The van der Waals surface area contributed by atoms with E-state index >= 15 is 0 Å². The largest absolute Gasteiger partial charge is 0.293 e. The maximum atomic E-state index is 11.1. The van der Waals surface area contributed by atoms with Gasteiger partial charge in [0.05, 0.1) is 6.54 Å². The summed E-state index contributed by atoms with van der Waals surface area (Å²) in [5.74, 6) is 5.85. The van der Waals surface area contributed by atoms with E-state index in [-0.39, 0.29) is 5.91 Å². The molecule has 1 aliphatic carbocycles. The third-order valence-electron chi connectivity index (χ3n) is 3.38. The molecule has 74 valence electrons. The zero-order chi connectivity index (χ0) is 9.26. The van der Waals surface area contributed by atoms with Crippen LogP contribution in [0.25, 0.3) is 0 Å². The van der Waals surface area contributed by atoms with E-state index < -0.39 is 0 Å². The Hall–Kier alpha value is -0.610. The SMILES string of the molecule is NNC(=O)CN1CCC2CCCC21. The second-order valence-corrected chi connectivity index (χ2v) is 4.08. The molecule has 2 rings (SSSR count). The highest BCUT2D eigenvalue weighted by atomic mass is 16.2. The van der Waals surface area contributed by atoms with E-state index in [2.05, 4.69) is 10.3 Å². The number of hydrogen-bond donors (Lipinski definition) is 2. The Morgan fingerprint density at radius 3 is 3.08 bits per heavy atom. The first-order chi connectivity index (χ1) is 6.31. The van der Waals surface area contributed by atoms with Crippen molar-refractivity contribution in [1.29, 1.82) is 0 Å². The summed E-state index contributed by atoms with van der Waals surface area (Å²) in [5, 5.41) is 0. The van der Waals surface area contributed by atoms with E-state index in [1.54, 1.807) is 0 Å². The molecule has 0 spiro atoms. The van der Waals surface area contributed by atoms with Crippen LogP contribution < -0.4 is 11.3 Å². The second kappa shape index (κ2) is 3.64. The molecule has 0 aromatic carbocycles. The van der Waals surface area contributed by atoms with Crippen molar-refractivity contribution in [1.82, 2.24) is 10.3 Å². The van der Waals surface area contributed by atoms with Crippen LogP contribution in [0.15, 0.2) is 0 Å². The van der Waals surface area contributed by atoms with E-state index in [1.807, 2.05) is 0 Å². The number of carbonyl (C=O) groups is 1. The fourth-order valence-electron chi connectivity index (χ4n) is 2.76. The van der Waals surface area contributed by atoms with E-state index in [0.29, 0.717) is 12.6 Å². The lowest BCUT2D eigenvalue weighted by atomic mass is 10.1. The third kappa shape index (κ3) is 1.69. The molecule has 1 amide bonds. The molecule has 2 atom stereocenters. The fraction of sp³-hybridized carbons (Fsp3) is 0.889. The lowest BCUT2D eigenvalue weighted by Crippen LogP contribution is -2.42. The molecule has 13 heavy (non-hydrogen) atoms. The second-order valence-electron chi connectivity index (χ2n) is 4.08. The van der Waals surface area contributed by atoms with Crippen LogP contribution in [0.4, 0.5) is 0 Å². The first-order valence-corrected chi connectivity index (χ1v) is 5.05. The summed E-state index contributed by atoms with van der Waals surface area (Å²) in [6.45, 7) is 1.56. The summed E-state index contributed by atoms with van der Waals surface area (Å²) in [6.07, 6.45) is 5.21. The predicted octanol–water partition coefficient (Wildman–Crippen LogP) is -0.149. The highest BCUT2D eigenvalue weighted by molar-refractivity contribution is 5.77. The molecule has 0 radical (unpaired) electrons. The van der Waals surface area contributed by atoms with Crippen LogP contribution in [0, 0.1) is 5.92 Å². The van der Waals surface area contributed by atoms with Crippen molar-refractivity contribution in [2.24, 2.45) is 11.8 Å². The van der Waals surface area contributed by atoms with Gasteiger partial charge in [-0.25, -0.2) is 5.84 Å². The van der Waals surface area contributed by atoms with Crippen LogP contribution in [0.3, 0.4) is 0 Å². The highest BCUT2D eigenvalue weighted by Gasteiger charge is 2.37. The summed E-state index contributed by atoms with van der Waals surface area (Å²) in [5.41, 5.74) is 2.19. The van der Waals surface area contributed by atoms with Crippen LogP contribution in [-0.4, -0.2) is 29.9 Å². The Bertz CT molecular complexity index is 207. The van der Waals surface area contributed by atoms with Crippen molar-refractivity contribution < 1.29 is 4.79 Å². The minimum absolute atomic E-state index is 0.0625. The molecule has 1 aliphatic heterocycles. The third-order valence-corrected chi connectivity index (χ3v) is 3.38. The number of fused-ring (bicyclic) bond motifs is 1. The summed E-state index contributed by atoms with van der Waals surface area (Å²) in [7, 11) is 0. The van der Waals surface area contributed by atoms with Gasteiger partial charge < -0.3 is 0 Å². The molecular weight excluding hydrogens is 166 g/mol. The van der Waals surface area contributed by atoms with E-state index in [1.165, 1.54) is 25.7 Å². The quantitative estimate of drug-likeness (QED) is 0.355. The topological polar surface area (TPSA) is 58.4 Å². The monoisotopic (exact) mass is 183 g/mol. The van der Waals surface area contributed by atoms with Gasteiger partial charge in [-0.2, -0.15) is 0 Å². The van der Waals surface area contributed by atoms with Crippen LogP contribution in [-0.2, 0) is 4.79 Å². The van der Waals surface area contributed by atoms with Crippen molar-refractivity contribution in [3.63, 3.8) is 0 Å². The lowest BCUT2D eigenvalue weighted by Gasteiger charge is -2.22. The number of likely N-dealkylation sites (tertiary alicyclic amines) is 1. The van der Waals surface area contributed by atoms with Gasteiger partial charge in [-0.3, -0.25) is 15.1 Å². The molecule has 0 aromatic heterocycles. The van der Waals surface area contributed by atoms with Crippen LogP contribution in [0.2, 0.25) is 0 Å². The molecule has 0 bridgehead atoms. The summed E-state index contributed by atoms with van der Waals surface area (Å²) in [6, 6.07) is 0.664. The molecule has 2 unspecified atom stereocenters. The van der Waals surface area contributed by atoms with Gasteiger partial charge in [0.1, 0.15) is 0 Å². The van der Waals surface area contributed by atoms with Crippen molar-refractivity contribution in [2.45, 2.75) is 31.7 Å². The van der Waals surface area contributed by atoms with Crippen molar-refractivity contribution >= 4 is 5.91 Å². The van der Waals surface area contributed by atoms with E-state index in [4.69, 9.17) is 5.84 Å². The molecule has 2 aliphatic rings. The van der Waals surface area contributed by atoms with Crippen LogP contribution in [0.1, 0.15) is 25.7 Å². The summed E-state index contributed by atoms with van der Waals surface area (Å²) >= 11 is 0. The minimum atomic E-state index is -0.0625. The van der Waals surface area contributed by atoms with Crippen LogP contribution in [0.5, 0.6) is 0 Å². The van der Waals surface area contributed by atoms with Crippen molar-refractivity contribution in [2.75, 3.05) is 13.1 Å². The first kappa shape index (κ1) is 8.97. The highest BCUT2D eigenvalue weighted by Crippen LogP contribution is 2.37. The minimum Gasteiger partial charge on any atom is -0.293 e. The predicted molar refractivity (Wildman–Crippen MR) is 49.6 cm³/mol. The van der Waals surface area contributed by atoms with E-state index in [0.717, 1.165) is 12.5 Å². The maximum absolute atomic E-state index is 11.1. The normalized spacial score (nSPS) is 33.3. The Morgan fingerprint density at radius 1 is 1.46 bits per heavy atom. The van der Waals surface area contributed by atoms with Gasteiger partial charge in [0.15, 0.2) is 0 Å². The van der Waals surface area contributed by atoms with Gasteiger partial charge in [-0.05, 0) is 31.7 Å². The van der Waals surface area contributed by atoms with Gasteiger partial charge in [0.25, 0.3) is 0 Å². The molecule has 4 heteroatoms. The molecule has 3 N–H and O–H groups in total. The molecule has 4 nitrogen and oxygen atoms in total. The van der Waals surface area contributed by atoms with Gasteiger partial charge in [0.2, 0.25) is 5.91 Å². The number of hydrazine groups is 1. The molecule has 1 saturated heterocycles. The van der Waals surface area contributed by atoms with Gasteiger partial charge in [-0.1, -0.05) is 6.42 Å². The zero-order valence-corrected chi connectivity index (χ0v) is 7.83. The smallest absolute Gasteiger partial charge is 0.248 e. The average Bonchev–Trinajstić information content (AvgIpc) is 2.69. The summed E-state index contributed by atoms with van der Waals surface area (Å²) < 4.78 is 0. The number of nitrogens with two attached hydrogens (primary N) is 1. The van der Waals surface area contributed by atoms with E-state index in [9.17, 15) is 4.79 Å². The van der Waals surface area contributed by atoms with Crippen LogP contribution >= 0.6 is 0 Å². The number of carbonyl (C=O) groups excluding carboxylic acids is 1. The Labute approximate surface area is 78.4 Å². The fourth-order valence-corrected chi connectivity index (χ4v) is 2.76. The van der Waals surface area contributed by atoms with Gasteiger partial charge in [0, 0.05) is 6.04 Å². The zero-order valence-electron chi connectivity index (χ0n) is 7.83. The number of nitrogens with one attached hydrogen (secondary N) is 1. The Morgan fingerprint density at radius 2 is 2.31 bits per heavy atom. The van der Waals surface area contributed by atoms with Crippen molar-refractivity contribution in [3.8, 4) is 0 Å².